The standard InChI is InChI=1S/C17H19N7OS2/c18-15-21-22-17(27-15)26-11-12-10-14(25)20-16(19-12)24-8-6-23(7-9-24)13-4-2-1-3-5-13/h1-5,10H,6-9,11H2,(H2,18,21)(H,19,20,25). The molecule has 0 radical (unpaired) electrons. The predicted octanol–water partition coefficient (Wildman–Crippen LogP) is 1.82. The molecule has 2 aromatic heterocycles. The van der Waals surface area contributed by atoms with Gasteiger partial charge in [0.05, 0.1) is 5.69 Å². The van der Waals surface area contributed by atoms with Crippen molar-refractivity contribution in [3.8, 4) is 0 Å². The number of hydrogen-bond acceptors (Lipinski definition) is 9. The van der Waals surface area contributed by atoms with E-state index in [1.54, 1.807) is 0 Å². The highest BCUT2D eigenvalue weighted by atomic mass is 32.2. The highest BCUT2D eigenvalue weighted by Gasteiger charge is 2.19. The second-order valence-corrected chi connectivity index (χ2v) is 8.30. The molecule has 4 rings (SSSR count). The van der Waals surface area contributed by atoms with Crippen molar-refractivity contribution in [2.75, 3.05) is 41.7 Å². The fourth-order valence-electron chi connectivity index (χ4n) is 2.95. The van der Waals surface area contributed by atoms with E-state index in [9.17, 15) is 4.79 Å². The number of hydrogen-bond donors (Lipinski definition) is 2. The number of anilines is 3. The number of nitrogens with two attached hydrogens (primary N) is 1. The summed E-state index contributed by atoms with van der Waals surface area (Å²) in [5.74, 6) is 1.18. The Labute approximate surface area is 164 Å². The largest absolute Gasteiger partial charge is 0.374 e. The Morgan fingerprint density at radius 3 is 2.56 bits per heavy atom. The number of para-hydroxylation sites is 1. The summed E-state index contributed by atoms with van der Waals surface area (Å²) in [7, 11) is 0. The first-order valence-corrected chi connectivity index (χ1v) is 10.3. The first-order valence-electron chi connectivity index (χ1n) is 8.54. The second-order valence-electron chi connectivity index (χ2n) is 6.06. The summed E-state index contributed by atoms with van der Waals surface area (Å²) in [4.78, 5) is 24.0. The summed E-state index contributed by atoms with van der Waals surface area (Å²) in [6.07, 6.45) is 0. The van der Waals surface area contributed by atoms with Crippen LogP contribution in [0.2, 0.25) is 0 Å². The van der Waals surface area contributed by atoms with E-state index >= 15 is 0 Å². The third kappa shape index (κ3) is 4.40. The second kappa shape index (κ2) is 7.97. The van der Waals surface area contributed by atoms with Gasteiger partial charge in [-0.1, -0.05) is 41.3 Å². The number of benzene rings is 1. The molecule has 3 heterocycles. The van der Waals surface area contributed by atoms with Gasteiger partial charge in [-0.2, -0.15) is 0 Å². The lowest BCUT2D eigenvalue weighted by molar-refractivity contribution is 0.638. The van der Waals surface area contributed by atoms with E-state index in [1.165, 1.54) is 34.9 Å². The van der Waals surface area contributed by atoms with E-state index in [4.69, 9.17) is 5.73 Å². The number of aromatic nitrogens is 4. The molecule has 27 heavy (non-hydrogen) atoms. The zero-order chi connectivity index (χ0) is 18.6. The maximum Gasteiger partial charge on any atom is 0.252 e. The maximum absolute atomic E-state index is 12.1. The Balaban J connectivity index is 1.42. The summed E-state index contributed by atoms with van der Waals surface area (Å²) in [6, 6.07) is 11.9. The Morgan fingerprint density at radius 1 is 1.11 bits per heavy atom. The lowest BCUT2D eigenvalue weighted by Crippen LogP contribution is -2.47. The van der Waals surface area contributed by atoms with Crippen molar-refractivity contribution >= 4 is 39.9 Å². The average molecular weight is 402 g/mol. The van der Waals surface area contributed by atoms with Crippen LogP contribution in [0.3, 0.4) is 0 Å². The average Bonchev–Trinajstić information content (AvgIpc) is 3.12. The minimum Gasteiger partial charge on any atom is -0.374 e. The Morgan fingerprint density at radius 2 is 1.85 bits per heavy atom. The number of thioether (sulfide) groups is 1. The maximum atomic E-state index is 12.1. The SMILES string of the molecule is Nc1nnc(SCc2cc(=O)[nH]c(N3CCN(c4ccccc4)CC3)n2)s1. The molecule has 3 aromatic rings. The van der Waals surface area contributed by atoms with E-state index in [0.717, 1.165) is 36.2 Å². The minimum atomic E-state index is -0.141. The van der Waals surface area contributed by atoms with Gasteiger partial charge in [0.2, 0.25) is 11.1 Å². The monoisotopic (exact) mass is 401 g/mol. The van der Waals surface area contributed by atoms with E-state index in [2.05, 4.69) is 42.1 Å². The number of rotatable bonds is 5. The van der Waals surface area contributed by atoms with Gasteiger partial charge in [0, 0.05) is 43.7 Å². The summed E-state index contributed by atoms with van der Waals surface area (Å²) < 4.78 is 0.771. The molecule has 8 nitrogen and oxygen atoms in total. The van der Waals surface area contributed by atoms with Crippen LogP contribution in [0.25, 0.3) is 0 Å². The topological polar surface area (TPSA) is 104 Å². The van der Waals surface area contributed by atoms with Crippen molar-refractivity contribution in [1.82, 2.24) is 20.2 Å². The van der Waals surface area contributed by atoms with E-state index in [0.29, 0.717) is 16.8 Å². The molecule has 1 aliphatic rings. The molecule has 0 bridgehead atoms. The number of H-pyrrole nitrogens is 1. The summed E-state index contributed by atoms with van der Waals surface area (Å²) in [5.41, 5.74) is 7.40. The van der Waals surface area contributed by atoms with Crippen LogP contribution in [-0.4, -0.2) is 46.3 Å². The summed E-state index contributed by atoms with van der Waals surface area (Å²) in [5, 5.41) is 8.21. The van der Waals surface area contributed by atoms with Crippen LogP contribution >= 0.6 is 23.1 Å². The van der Waals surface area contributed by atoms with Gasteiger partial charge in [-0.15, -0.1) is 10.2 Å². The summed E-state index contributed by atoms with van der Waals surface area (Å²) in [6.45, 7) is 3.39. The van der Waals surface area contributed by atoms with Crippen molar-refractivity contribution in [3.05, 3.63) is 52.4 Å². The zero-order valence-corrected chi connectivity index (χ0v) is 16.2. The van der Waals surface area contributed by atoms with Gasteiger partial charge in [-0.05, 0) is 12.1 Å². The van der Waals surface area contributed by atoms with Gasteiger partial charge in [0.25, 0.3) is 5.56 Å². The van der Waals surface area contributed by atoms with E-state index in [1.807, 2.05) is 18.2 Å². The molecule has 10 heteroatoms. The van der Waals surface area contributed by atoms with E-state index in [-0.39, 0.29) is 5.56 Å². The number of nitrogens with one attached hydrogen (secondary N) is 1. The third-order valence-corrected chi connectivity index (χ3v) is 6.17. The summed E-state index contributed by atoms with van der Waals surface area (Å²) >= 11 is 2.81. The van der Waals surface area contributed by atoms with Crippen LogP contribution in [0.1, 0.15) is 5.69 Å². The minimum absolute atomic E-state index is 0.141. The third-order valence-electron chi connectivity index (χ3n) is 4.25. The van der Waals surface area contributed by atoms with Crippen molar-refractivity contribution < 1.29 is 0 Å². The lowest BCUT2D eigenvalue weighted by Gasteiger charge is -2.36. The van der Waals surface area contributed by atoms with Crippen molar-refractivity contribution in [3.63, 3.8) is 0 Å². The highest BCUT2D eigenvalue weighted by molar-refractivity contribution is 8.00. The van der Waals surface area contributed by atoms with Crippen LogP contribution in [0.5, 0.6) is 0 Å². The molecule has 0 amide bonds. The molecule has 0 spiro atoms. The molecule has 140 valence electrons. The van der Waals surface area contributed by atoms with Crippen molar-refractivity contribution in [1.29, 1.82) is 0 Å². The predicted molar refractivity (Wildman–Crippen MR) is 110 cm³/mol. The van der Waals surface area contributed by atoms with Gasteiger partial charge in [0.15, 0.2) is 4.34 Å². The van der Waals surface area contributed by atoms with Crippen LogP contribution in [0.15, 0.2) is 45.5 Å². The quantitative estimate of drug-likeness (QED) is 0.624. The molecule has 1 saturated heterocycles. The van der Waals surface area contributed by atoms with Crippen molar-refractivity contribution in [2.24, 2.45) is 0 Å². The number of nitrogens with zero attached hydrogens (tertiary/aromatic N) is 5. The molecule has 1 fully saturated rings. The van der Waals surface area contributed by atoms with Gasteiger partial charge in [-0.3, -0.25) is 9.78 Å². The van der Waals surface area contributed by atoms with Gasteiger partial charge < -0.3 is 15.5 Å². The van der Waals surface area contributed by atoms with Crippen LogP contribution in [0.4, 0.5) is 16.8 Å². The van der Waals surface area contributed by atoms with Gasteiger partial charge >= 0.3 is 0 Å². The van der Waals surface area contributed by atoms with Crippen LogP contribution in [0, 0.1) is 0 Å². The van der Waals surface area contributed by atoms with Gasteiger partial charge in [0.1, 0.15) is 0 Å². The van der Waals surface area contributed by atoms with Crippen LogP contribution in [-0.2, 0) is 5.75 Å². The molecular weight excluding hydrogens is 382 g/mol. The highest BCUT2D eigenvalue weighted by Crippen LogP contribution is 2.26. The lowest BCUT2D eigenvalue weighted by atomic mass is 10.2. The Hall–Kier alpha value is -2.59. The zero-order valence-electron chi connectivity index (χ0n) is 14.5. The Kier molecular flexibility index (Phi) is 5.26. The fraction of sp³-hybridized carbons (Fsp3) is 0.294. The number of aromatic amines is 1. The first-order chi connectivity index (χ1) is 13.2. The molecule has 0 saturated carbocycles. The fourth-order valence-corrected chi connectivity index (χ4v) is 4.48. The van der Waals surface area contributed by atoms with E-state index < -0.39 is 0 Å². The first kappa shape index (κ1) is 17.8. The molecule has 3 N–H and O–H groups in total. The van der Waals surface area contributed by atoms with Crippen LogP contribution < -0.4 is 21.1 Å². The molecule has 1 aliphatic heterocycles. The molecule has 0 unspecified atom stereocenters. The molecular formula is C17H19N7OS2. The van der Waals surface area contributed by atoms with Gasteiger partial charge in [-0.25, -0.2) is 4.98 Å². The smallest absolute Gasteiger partial charge is 0.252 e. The normalized spacial score (nSPS) is 14.5. The number of piperazine rings is 1. The Bertz CT molecular complexity index is 951. The molecule has 0 aliphatic carbocycles. The van der Waals surface area contributed by atoms with Crippen molar-refractivity contribution in [2.45, 2.75) is 10.1 Å². The number of nitrogen functional groups attached to an aromatic ring is 1. The molecule has 0 atom stereocenters. The molecule has 1 aromatic carbocycles.